The predicted molar refractivity (Wildman–Crippen MR) is 96.8 cm³/mol. The molecule has 2 heterocycles. The highest BCUT2D eigenvalue weighted by molar-refractivity contribution is 8.00. The number of carbonyl (C=O) groups excluding carboxylic acids is 3. The van der Waals surface area contributed by atoms with E-state index in [1.807, 2.05) is 0 Å². The van der Waals surface area contributed by atoms with E-state index in [0.717, 1.165) is 5.75 Å². The van der Waals surface area contributed by atoms with Gasteiger partial charge in [-0.05, 0) is 12.8 Å². The maximum Gasteiger partial charge on any atom is 0.460 e. The number of halogens is 9. The topological polar surface area (TPSA) is 93.7 Å². The third-order valence-electron chi connectivity index (χ3n) is 5.04. The van der Waals surface area contributed by atoms with Crippen LogP contribution in [0, 0.1) is 0 Å². The number of nitrogens with one attached hydrogen (secondary N) is 2. The van der Waals surface area contributed by atoms with Gasteiger partial charge in [0.25, 0.3) is 0 Å². The van der Waals surface area contributed by atoms with Crippen molar-refractivity contribution in [3.05, 3.63) is 0 Å². The number of hydrogen-bond donors (Lipinski definition) is 2. The molecule has 2 saturated heterocycles. The van der Waals surface area contributed by atoms with Crippen molar-refractivity contribution in [3.8, 4) is 0 Å². The summed E-state index contributed by atoms with van der Waals surface area (Å²) in [7, 11) is 0. The zero-order valence-corrected chi connectivity index (χ0v) is 17.8. The minimum Gasteiger partial charge on any atom is -0.462 e. The van der Waals surface area contributed by atoms with Crippen molar-refractivity contribution in [2.75, 3.05) is 19.0 Å². The quantitative estimate of drug-likeness (QED) is 0.183. The maximum atomic E-state index is 13.3. The van der Waals surface area contributed by atoms with Crippen LogP contribution < -0.4 is 10.6 Å². The third-order valence-corrected chi connectivity index (χ3v) is 6.55. The second kappa shape index (κ2) is 10.3. The van der Waals surface area contributed by atoms with Gasteiger partial charge in [-0.1, -0.05) is 6.42 Å². The van der Waals surface area contributed by atoms with Crippen LogP contribution in [0.15, 0.2) is 0 Å². The minimum atomic E-state index is -7.22. The number of hydrogen-bond acceptors (Lipinski definition) is 6. The fourth-order valence-corrected chi connectivity index (χ4v) is 4.76. The van der Waals surface area contributed by atoms with Gasteiger partial charge in [0.1, 0.15) is 13.2 Å². The van der Waals surface area contributed by atoms with Crippen LogP contribution in [0.2, 0.25) is 0 Å². The van der Waals surface area contributed by atoms with E-state index < -0.39 is 49.1 Å². The van der Waals surface area contributed by atoms with Crippen molar-refractivity contribution in [2.24, 2.45) is 0 Å². The Morgan fingerprint density at radius 3 is 2.15 bits per heavy atom. The molecular formula is C17H19F9N2O5S. The molecule has 2 aliphatic heterocycles. The number of urea groups is 1. The molecule has 3 atom stereocenters. The van der Waals surface area contributed by atoms with Crippen LogP contribution in [-0.2, 0) is 19.1 Å². The number of carbonyl (C=O) groups is 3. The third kappa shape index (κ3) is 5.76. The normalized spacial score (nSPS) is 23.2. The first-order valence-electron chi connectivity index (χ1n) is 9.74. The van der Waals surface area contributed by atoms with Crippen LogP contribution in [0.4, 0.5) is 44.3 Å². The van der Waals surface area contributed by atoms with E-state index in [2.05, 4.69) is 20.1 Å². The number of thioether (sulfide) groups is 1. The molecule has 0 aromatic carbocycles. The number of ether oxygens (including phenoxy) is 2. The Kier molecular flexibility index (Phi) is 8.51. The minimum absolute atomic E-state index is 0.0271. The first kappa shape index (κ1) is 28.2. The van der Waals surface area contributed by atoms with E-state index in [4.69, 9.17) is 0 Å². The SMILES string of the molecule is O=C1N[C@H]2[C@H](CS[C@H]2CCCCC(=O)OCCOC(=O)C(F)(F)C(F)(F)C(F)(F)C(F)(F)F)N1. The van der Waals surface area contributed by atoms with Crippen molar-refractivity contribution >= 4 is 29.7 Å². The highest BCUT2D eigenvalue weighted by atomic mass is 32.2. The molecule has 0 spiro atoms. The van der Waals surface area contributed by atoms with Gasteiger partial charge in [-0.2, -0.15) is 51.3 Å². The van der Waals surface area contributed by atoms with Crippen LogP contribution >= 0.6 is 11.8 Å². The Labute approximate surface area is 190 Å². The molecule has 2 fully saturated rings. The van der Waals surface area contributed by atoms with E-state index in [1.54, 1.807) is 11.8 Å². The second-order valence-corrected chi connectivity index (χ2v) is 8.72. The summed E-state index contributed by atoms with van der Waals surface area (Å²) in [4.78, 5) is 33.9. The van der Waals surface area contributed by atoms with Gasteiger partial charge < -0.3 is 20.1 Å². The fraction of sp³-hybridized carbons (Fsp3) is 0.824. The lowest BCUT2D eigenvalue weighted by atomic mass is 10.0. The zero-order valence-electron chi connectivity index (χ0n) is 17.0. The second-order valence-electron chi connectivity index (χ2n) is 7.44. The molecule has 196 valence electrons. The van der Waals surface area contributed by atoms with Gasteiger partial charge in [-0.3, -0.25) is 4.79 Å². The van der Waals surface area contributed by atoms with Crippen molar-refractivity contribution < 1.29 is 63.4 Å². The summed E-state index contributed by atoms with van der Waals surface area (Å²) in [6.07, 6.45) is -5.63. The summed E-state index contributed by atoms with van der Waals surface area (Å²) in [5.74, 6) is -24.3. The van der Waals surface area contributed by atoms with Gasteiger partial charge >= 0.3 is 41.9 Å². The van der Waals surface area contributed by atoms with Crippen molar-refractivity contribution in [2.45, 2.75) is 67.0 Å². The van der Waals surface area contributed by atoms with Gasteiger partial charge in [0.15, 0.2) is 0 Å². The first-order valence-corrected chi connectivity index (χ1v) is 10.8. The lowest BCUT2D eigenvalue weighted by Crippen LogP contribution is -2.63. The summed E-state index contributed by atoms with van der Waals surface area (Å²) < 4.78 is 122. The van der Waals surface area contributed by atoms with E-state index in [-0.39, 0.29) is 29.8 Å². The lowest BCUT2D eigenvalue weighted by molar-refractivity contribution is -0.390. The van der Waals surface area contributed by atoms with Gasteiger partial charge in [-0.25, -0.2) is 9.59 Å². The zero-order chi connectivity index (χ0) is 25.9. The van der Waals surface area contributed by atoms with E-state index >= 15 is 0 Å². The maximum absolute atomic E-state index is 13.3. The number of rotatable bonds is 11. The van der Waals surface area contributed by atoms with Crippen molar-refractivity contribution in [3.63, 3.8) is 0 Å². The van der Waals surface area contributed by atoms with Gasteiger partial charge in [0.05, 0.1) is 12.1 Å². The monoisotopic (exact) mass is 534 g/mol. The Hall–Kier alpha value is -2.07. The van der Waals surface area contributed by atoms with Gasteiger partial charge in [0, 0.05) is 17.4 Å². The van der Waals surface area contributed by atoms with Crippen LogP contribution in [0.5, 0.6) is 0 Å². The van der Waals surface area contributed by atoms with E-state index in [9.17, 15) is 53.9 Å². The highest BCUT2D eigenvalue weighted by Crippen LogP contribution is 2.53. The van der Waals surface area contributed by atoms with Crippen LogP contribution in [0.1, 0.15) is 25.7 Å². The molecule has 0 aromatic heterocycles. The molecule has 2 aliphatic rings. The molecule has 0 saturated carbocycles. The summed E-state index contributed by atoms with van der Waals surface area (Å²) in [6, 6.07) is -0.247. The van der Waals surface area contributed by atoms with Crippen LogP contribution in [-0.4, -0.2) is 78.2 Å². The molecule has 0 aliphatic carbocycles. The molecule has 0 radical (unpaired) electrons. The molecule has 0 unspecified atom stereocenters. The van der Waals surface area contributed by atoms with E-state index in [0.29, 0.717) is 19.3 Å². The molecule has 7 nitrogen and oxygen atoms in total. The van der Waals surface area contributed by atoms with Gasteiger partial charge in [0.2, 0.25) is 0 Å². The Balaban J connectivity index is 1.67. The standard InChI is InChI=1S/C17H19F9N2O5S/c18-14(19,15(20,21)16(22,23)17(24,25)26)12(30)33-6-5-32-10(29)4-2-1-3-9-11-8(7-34-9)27-13(31)28-11/h8-9,11H,1-7H2,(H2,27,28,31)/t8-,9-,11-/m0/s1. The molecule has 2 amide bonds. The fourth-order valence-electron chi connectivity index (χ4n) is 3.21. The molecule has 17 heteroatoms. The van der Waals surface area contributed by atoms with Crippen molar-refractivity contribution in [1.29, 1.82) is 0 Å². The number of unbranched alkanes of at least 4 members (excludes halogenated alkanes) is 1. The molecule has 34 heavy (non-hydrogen) atoms. The number of esters is 2. The molecule has 2 rings (SSSR count). The average Bonchev–Trinajstić information content (AvgIpc) is 3.26. The first-order chi connectivity index (χ1) is 15.5. The molecule has 2 N–H and O–H groups in total. The Morgan fingerprint density at radius 2 is 1.53 bits per heavy atom. The molecule has 0 aromatic rings. The smallest absolute Gasteiger partial charge is 0.460 e. The molecule has 0 bridgehead atoms. The van der Waals surface area contributed by atoms with Crippen molar-refractivity contribution in [1.82, 2.24) is 10.6 Å². The van der Waals surface area contributed by atoms with Crippen LogP contribution in [0.25, 0.3) is 0 Å². The summed E-state index contributed by atoms with van der Waals surface area (Å²) >= 11 is 1.66. The number of amides is 2. The largest absolute Gasteiger partial charge is 0.462 e. The number of fused-ring (bicyclic) bond motifs is 1. The average molecular weight is 534 g/mol. The highest BCUT2D eigenvalue weighted by Gasteiger charge is 2.84. The lowest BCUT2D eigenvalue weighted by Gasteiger charge is -2.32. The molecular weight excluding hydrogens is 515 g/mol. The summed E-state index contributed by atoms with van der Waals surface area (Å²) in [5, 5.41) is 5.70. The van der Waals surface area contributed by atoms with Crippen LogP contribution in [0.3, 0.4) is 0 Å². The summed E-state index contributed by atoms with van der Waals surface area (Å²) in [6.45, 7) is -2.19. The predicted octanol–water partition coefficient (Wildman–Crippen LogP) is 3.27. The van der Waals surface area contributed by atoms with E-state index in [1.165, 1.54) is 0 Å². The van der Waals surface area contributed by atoms with Gasteiger partial charge in [-0.15, -0.1) is 0 Å². The Bertz CT molecular complexity index is 781. The summed E-state index contributed by atoms with van der Waals surface area (Å²) in [5.41, 5.74) is 0. The number of alkyl halides is 9. The Morgan fingerprint density at radius 1 is 0.912 bits per heavy atom.